The van der Waals surface area contributed by atoms with Crippen molar-refractivity contribution >= 4 is 22.3 Å². The summed E-state index contributed by atoms with van der Waals surface area (Å²) in [6.45, 7) is 3.05. The third-order valence-electron chi connectivity index (χ3n) is 5.49. The van der Waals surface area contributed by atoms with E-state index in [4.69, 9.17) is 0 Å². The molecule has 2 aromatic rings. The summed E-state index contributed by atoms with van der Waals surface area (Å²) in [6.07, 6.45) is 18.6. The van der Waals surface area contributed by atoms with Crippen molar-refractivity contribution in [3.63, 3.8) is 0 Å². The summed E-state index contributed by atoms with van der Waals surface area (Å²) in [5.41, 5.74) is 2.10. The van der Waals surface area contributed by atoms with E-state index in [0.717, 1.165) is 41.7 Å². The van der Waals surface area contributed by atoms with E-state index in [9.17, 15) is 4.79 Å². The monoisotopic (exact) mass is 422 g/mol. The fraction of sp³-hybridized carbons (Fsp3) is 0.458. The van der Waals surface area contributed by atoms with E-state index in [0.29, 0.717) is 12.6 Å². The van der Waals surface area contributed by atoms with Gasteiger partial charge < -0.3 is 21.3 Å². The SMILES string of the molecule is CN/C=C\C(=C/CNC1CCCCC1)c1cc2cnccc2cn1.O=C1CNCCN1. The molecular weight excluding hydrogens is 388 g/mol. The molecule has 0 aromatic carbocycles. The lowest BCUT2D eigenvalue weighted by Gasteiger charge is -2.22. The molecule has 0 radical (unpaired) electrons. The molecule has 0 bridgehead atoms. The summed E-state index contributed by atoms with van der Waals surface area (Å²) in [5.74, 6) is 0.103. The molecule has 4 N–H and O–H groups in total. The van der Waals surface area contributed by atoms with Gasteiger partial charge in [-0.15, -0.1) is 0 Å². The molecule has 1 aliphatic heterocycles. The summed E-state index contributed by atoms with van der Waals surface area (Å²) < 4.78 is 0. The number of allylic oxidation sites excluding steroid dienone is 2. The van der Waals surface area contributed by atoms with Gasteiger partial charge >= 0.3 is 0 Å². The average molecular weight is 423 g/mol. The lowest BCUT2D eigenvalue weighted by Crippen LogP contribution is -2.44. The lowest BCUT2D eigenvalue weighted by molar-refractivity contribution is -0.121. The van der Waals surface area contributed by atoms with Crippen LogP contribution in [-0.4, -0.2) is 55.1 Å². The van der Waals surface area contributed by atoms with Gasteiger partial charge in [0.25, 0.3) is 0 Å². The molecule has 2 aromatic heterocycles. The van der Waals surface area contributed by atoms with E-state index in [2.05, 4.69) is 49.5 Å². The second kappa shape index (κ2) is 12.8. The van der Waals surface area contributed by atoms with Gasteiger partial charge in [-0.25, -0.2) is 0 Å². The highest BCUT2D eigenvalue weighted by molar-refractivity contribution is 5.85. The summed E-state index contributed by atoms with van der Waals surface area (Å²) in [5, 5.41) is 14.6. The molecule has 31 heavy (non-hydrogen) atoms. The maximum absolute atomic E-state index is 10.3. The Morgan fingerprint density at radius 3 is 2.77 bits per heavy atom. The molecule has 166 valence electrons. The number of nitrogens with one attached hydrogen (secondary N) is 4. The topological polar surface area (TPSA) is 91.0 Å². The molecule has 7 nitrogen and oxygen atoms in total. The maximum Gasteiger partial charge on any atom is 0.234 e. The van der Waals surface area contributed by atoms with Crippen molar-refractivity contribution in [2.75, 3.05) is 33.2 Å². The van der Waals surface area contributed by atoms with Crippen LogP contribution in [0.1, 0.15) is 37.8 Å². The molecule has 1 amide bonds. The molecule has 2 fully saturated rings. The number of hydrogen-bond donors (Lipinski definition) is 4. The standard InChI is InChI=1S/C20H26N4.C4H8N2O/c1-21-10-7-16(9-12-23-19-5-3-2-4-6-19)20-13-18-14-22-11-8-17(18)15-24-20;7-4-3-5-1-2-6-4/h7-11,13-15,19,21,23H,2-6,12H2,1H3;5H,1-3H2,(H,6,7)/b10-7-,16-9+;. The zero-order valence-electron chi connectivity index (χ0n) is 18.4. The predicted molar refractivity (Wildman–Crippen MR) is 126 cm³/mol. The van der Waals surface area contributed by atoms with E-state index < -0.39 is 0 Å². The fourth-order valence-electron chi connectivity index (χ4n) is 3.77. The van der Waals surface area contributed by atoms with E-state index >= 15 is 0 Å². The molecule has 1 aliphatic carbocycles. The number of fused-ring (bicyclic) bond motifs is 1. The highest BCUT2D eigenvalue weighted by Crippen LogP contribution is 2.20. The van der Waals surface area contributed by atoms with Crippen LogP contribution in [0.25, 0.3) is 16.3 Å². The summed E-state index contributed by atoms with van der Waals surface area (Å²) in [4.78, 5) is 19.1. The lowest BCUT2D eigenvalue weighted by atomic mass is 9.95. The number of aromatic nitrogens is 2. The first-order valence-electron chi connectivity index (χ1n) is 11.2. The van der Waals surface area contributed by atoms with Crippen LogP contribution in [-0.2, 0) is 4.79 Å². The molecular formula is C24H34N6O. The molecule has 1 saturated carbocycles. The van der Waals surface area contributed by atoms with Crippen LogP contribution in [0.3, 0.4) is 0 Å². The Morgan fingerprint density at radius 2 is 2.06 bits per heavy atom. The smallest absolute Gasteiger partial charge is 0.234 e. The Hall–Kier alpha value is -2.77. The summed E-state index contributed by atoms with van der Waals surface area (Å²) >= 11 is 0. The van der Waals surface area contributed by atoms with Crippen molar-refractivity contribution in [3.8, 4) is 0 Å². The zero-order valence-corrected chi connectivity index (χ0v) is 18.4. The Balaban J connectivity index is 0.000000330. The third-order valence-corrected chi connectivity index (χ3v) is 5.49. The normalized spacial score (nSPS) is 17.8. The Labute approximate surface area is 184 Å². The highest BCUT2D eigenvalue weighted by atomic mass is 16.2. The minimum absolute atomic E-state index is 0.103. The third kappa shape index (κ3) is 7.77. The van der Waals surface area contributed by atoms with Crippen LogP contribution in [0, 0.1) is 0 Å². The largest absolute Gasteiger partial charge is 0.394 e. The van der Waals surface area contributed by atoms with Crippen molar-refractivity contribution in [3.05, 3.63) is 54.8 Å². The number of piperazine rings is 1. The van der Waals surface area contributed by atoms with Crippen molar-refractivity contribution in [2.45, 2.75) is 38.1 Å². The zero-order chi connectivity index (χ0) is 21.7. The molecule has 7 heteroatoms. The first-order chi connectivity index (χ1) is 15.3. The van der Waals surface area contributed by atoms with Crippen LogP contribution in [0.15, 0.2) is 49.1 Å². The first-order valence-corrected chi connectivity index (χ1v) is 11.2. The van der Waals surface area contributed by atoms with E-state index in [1.165, 1.54) is 32.1 Å². The van der Waals surface area contributed by atoms with E-state index in [1.807, 2.05) is 31.7 Å². The van der Waals surface area contributed by atoms with Crippen LogP contribution in [0.5, 0.6) is 0 Å². The van der Waals surface area contributed by atoms with Crippen molar-refractivity contribution < 1.29 is 4.79 Å². The van der Waals surface area contributed by atoms with Gasteiger partial charge in [-0.3, -0.25) is 14.8 Å². The number of amides is 1. The Morgan fingerprint density at radius 1 is 1.19 bits per heavy atom. The molecule has 0 atom stereocenters. The van der Waals surface area contributed by atoms with Crippen LogP contribution in [0.2, 0.25) is 0 Å². The number of nitrogens with zero attached hydrogens (tertiary/aromatic N) is 2. The molecule has 3 heterocycles. The van der Waals surface area contributed by atoms with Gasteiger partial charge in [-0.2, -0.15) is 0 Å². The maximum atomic E-state index is 10.3. The van der Waals surface area contributed by atoms with Gasteiger partial charge in [0.05, 0.1) is 12.2 Å². The molecule has 4 rings (SSSR count). The van der Waals surface area contributed by atoms with E-state index in [1.54, 1.807) is 6.20 Å². The molecule has 1 saturated heterocycles. The second-order valence-corrected chi connectivity index (χ2v) is 7.84. The Bertz CT molecular complexity index is 881. The number of carbonyl (C=O) groups is 1. The average Bonchev–Trinajstić information content (AvgIpc) is 2.82. The number of pyridine rings is 2. The quantitative estimate of drug-likeness (QED) is 0.535. The highest BCUT2D eigenvalue weighted by Gasteiger charge is 2.11. The van der Waals surface area contributed by atoms with Gasteiger partial charge in [0.15, 0.2) is 0 Å². The first kappa shape index (κ1) is 22.9. The van der Waals surface area contributed by atoms with Gasteiger partial charge in [0.1, 0.15) is 0 Å². The minimum Gasteiger partial charge on any atom is -0.394 e. The molecule has 0 spiro atoms. The number of hydrogen-bond acceptors (Lipinski definition) is 6. The number of rotatable bonds is 6. The predicted octanol–water partition coefficient (Wildman–Crippen LogP) is 2.37. The van der Waals surface area contributed by atoms with Gasteiger partial charge in [0.2, 0.25) is 5.91 Å². The number of carbonyl (C=O) groups excluding carboxylic acids is 1. The van der Waals surface area contributed by atoms with Crippen LogP contribution in [0.4, 0.5) is 0 Å². The van der Waals surface area contributed by atoms with Crippen molar-refractivity contribution in [1.82, 2.24) is 31.2 Å². The second-order valence-electron chi connectivity index (χ2n) is 7.84. The van der Waals surface area contributed by atoms with Gasteiger partial charge in [-0.05, 0) is 42.8 Å². The van der Waals surface area contributed by atoms with Gasteiger partial charge in [0, 0.05) is 62.1 Å². The minimum atomic E-state index is 0.103. The molecule has 2 aliphatic rings. The summed E-state index contributed by atoms with van der Waals surface area (Å²) in [6, 6.07) is 4.76. The van der Waals surface area contributed by atoms with Gasteiger partial charge in [-0.1, -0.05) is 25.3 Å². The van der Waals surface area contributed by atoms with Crippen LogP contribution < -0.4 is 21.3 Å². The van der Waals surface area contributed by atoms with Crippen molar-refractivity contribution in [1.29, 1.82) is 0 Å². The van der Waals surface area contributed by atoms with E-state index in [-0.39, 0.29) is 5.91 Å². The molecule has 0 unspecified atom stereocenters. The van der Waals surface area contributed by atoms with Crippen LogP contribution >= 0.6 is 0 Å². The summed E-state index contributed by atoms with van der Waals surface area (Å²) in [7, 11) is 1.91. The van der Waals surface area contributed by atoms with Crippen molar-refractivity contribution in [2.24, 2.45) is 0 Å². The Kier molecular flexibility index (Phi) is 9.47. The fourth-order valence-corrected chi connectivity index (χ4v) is 3.77.